The van der Waals surface area contributed by atoms with Crippen molar-refractivity contribution in [2.24, 2.45) is 5.92 Å². The number of nitrogens with zero attached hydrogens (tertiary/aromatic N) is 5. The topological polar surface area (TPSA) is 82.0 Å². The number of aromatic nitrogens is 3. The van der Waals surface area contributed by atoms with E-state index in [4.69, 9.17) is 14.2 Å². The summed E-state index contributed by atoms with van der Waals surface area (Å²) in [4.78, 5) is 17.7. The van der Waals surface area contributed by atoms with Gasteiger partial charge in [0.15, 0.2) is 5.69 Å². The van der Waals surface area contributed by atoms with Gasteiger partial charge in [-0.1, -0.05) is 36.3 Å². The van der Waals surface area contributed by atoms with Crippen LogP contribution in [0.5, 0.6) is 5.75 Å². The van der Waals surface area contributed by atoms with Gasteiger partial charge in [-0.15, -0.1) is 5.10 Å². The summed E-state index contributed by atoms with van der Waals surface area (Å²) in [5.74, 6) is 6.90. The Bertz CT molecular complexity index is 1120. The lowest BCUT2D eigenvalue weighted by atomic mass is 9.99. The van der Waals surface area contributed by atoms with E-state index in [1.807, 2.05) is 53.0 Å². The molecule has 39 heavy (non-hydrogen) atoms. The first-order chi connectivity index (χ1) is 19.0. The highest BCUT2D eigenvalue weighted by Crippen LogP contribution is 2.31. The van der Waals surface area contributed by atoms with Crippen molar-refractivity contribution >= 4 is 5.91 Å². The first-order valence-electron chi connectivity index (χ1n) is 14.4. The number of para-hydroxylation sites is 1. The second-order valence-corrected chi connectivity index (χ2v) is 11.0. The smallest absolute Gasteiger partial charge is 0.228 e. The molecule has 9 heteroatoms. The molecule has 0 radical (unpaired) electrons. The monoisotopic (exact) mass is 535 g/mol. The summed E-state index contributed by atoms with van der Waals surface area (Å²) >= 11 is 0. The fourth-order valence-corrected chi connectivity index (χ4v) is 5.75. The van der Waals surface area contributed by atoms with Crippen molar-refractivity contribution in [3.05, 3.63) is 42.2 Å². The quantitative estimate of drug-likeness (QED) is 0.456. The largest absolute Gasteiger partial charge is 0.481 e. The number of amides is 1. The van der Waals surface area contributed by atoms with E-state index in [0.717, 1.165) is 70.8 Å². The highest BCUT2D eigenvalue weighted by atomic mass is 16.5. The summed E-state index contributed by atoms with van der Waals surface area (Å²) in [6.07, 6.45) is 7.35. The molecule has 5 rings (SSSR count). The van der Waals surface area contributed by atoms with Crippen LogP contribution in [0.1, 0.15) is 57.7 Å². The molecule has 0 bridgehead atoms. The number of carbonyl (C=O) groups is 1. The summed E-state index contributed by atoms with van der Waals surface area (Å²) in [5.41, 5.74) is 0.624. The van der Waals surface area contributed by atoms with Crippen LogP contribution in [0.3, 0.4) is 0 Å². The SMILES string of the molecule is C[C@H](C[C@@H]1CC[C@H]([C@@H](C)C(=O)N2CCN(CC3CCCO3)CC2)O1)n1cc(C#CCOc2ccccc2)nn1. The zero-order valence-corrected chi connectivity index (χ0v) is 23.2. The van der Waals surface area contributed by atoms with Gasteiger partial charge in [0.1, 0.15) is 12.4 Å². The van der Waals surface area contributed by atoms with Crippen LogP contribution in [0.4, 0.5) is 0 Å². The third-order valence-corrected chi connectivity index (χ3v) is 8.09. The van der Waals surface area contributed by atoms with Gasteiger partial charge in [0.05, 0.1) is 36.5 Å². The van der Waals surface area contributed by atoms with Gasteiger partial charge in [-0.25, -0.2) is 4.68 Å². The summed E-state index contributed by atoms with van der Waals surface area (Å²) in [6, 6.07) is 9.74. The van der Waals surface area contributed by atoms with Gasteiger partial charge in [0.25, 0.3) is 0 Å². The Kier molecular flexibility index (Phi) is 9.51. The normalized spacial score (nSPS) is 25.2. The molecule has 1 aromatic carbocycles. The van der Waals surface area contributed by atoms with Crippen molar-refractivity contribution in [3.8, 4) is 17.6 Å². The van der Waals surface area contributed by atoms with Crippen LogP contribution in [0.15, 0.2) is 36.5 Å². The number of ether oxygens (including phenoxy) is 3. The highest BCUT2D eigenvalue weighted by Gasteiger charge is 2.36. The van der Waals surface area contributed by atoms with Crippen molar-refractivity contribution in [1.29, 1.82) is 0 Å². The zero-order valence-electron chi connectivity index (χ0n) is 23.2. The van der Waals surface area contributed by atoms with Crippen molar-refractivity contribution in [2.45, 2.75) is 70.3 Å². The second-order valence-electron chi connectivity index (χ2n) is 11.0. The fourth-order valence-electron chi connectivity index (χ4n) is 5.75. The van der Waals surface area contributed by atoms with Crippen molar-refractivity contribution in [3.63, 3.8) is 0 Å². The maximum absolute atomic E-state index is 13.2. The average Bonchev–Trinajstić information content (AvgIpc) is 3.74. The Morgan fingerprint density at radius 3 is 2.69 bits per heavy atom. The molecule has 0 spiro atoms. The predicted molar refractivity (Wildman–Crippen MR) is 147 cm³/mol. The van der Waals surface area contributed by atoms with E-state index in [0.29, 0.717) is 18.4 Å². The Hall–Kier alpha value is -2.93. The lowest BCUT2D eigenvalue weighted by Gasteiger charge is -2.37. The van der Waals surface area contributed by atoms with E-state index in [-0.39, 0.29) is 30.1 Å². The number of carbonyl (C=O) groups excluding carboxylic acids is 1. The molecule has 1 aromatic heterocycles. The van der Waals surface area contributed by atoms with E-state index in [1.54, 1.807) is 0 Å². The van der Waals surface area contributed by atoms with Gasteiger partial charge in [0, 0.05) is 39.3 Å². The Morgan fingerprint density at radius 2 is 1.92 bits per heavy atom. The van der Waals surface area contributed by atoms with Gasteiger partial charge < -0.3 is 19.1 Å². The number of rotatable bonds is 9. The van der Waals surface area contributed by atoms with Crippen LogP contribution in [0.2, 0.25) is 0 Å². The zero-order chi connectivity index (χ0) is 27.0. The molecule has 3 aliphatic heterocycles. The molecule has 1 unspecified atom stereocenters. The minimum atomic E-state index is -0.124. The molecule has 3 fully saturated rings. The number of benzene rings is 1. The van der Waals surface area contributed by atoms with Crippen LogP contribution in [-0.2, 0) is 14.3 Å². The van der Waals surface area contributed by atoms with E-state index in [1.165, 1.54) is 6.42 Å². The Balaban J connectivity index is 1.03. The molecule has 4 heterocycles. The fraction of sp³-hybridized carbons (Fsp3) is 0.633. The van der Waals surface area contributed by atoms with E-state index >= 15 is 0 Å². The third kappa shape index (κ3) is 7.59. The van der Waals surface area contributed by atoms with Gasteiger partial charge >= 0.3 is 0 Å². The summed E-state index contributed by atoms with van der Waals surface area (Å²) in [5, 5.41) is 8.46. The number of hydrogen-bond acceptors (Lipinski definition) is 7. The molecule has 2 aromatic rings. The second kappa shape index (κ2) is 13.4. The Morgan fingerprint density at radius 1 is 1.10 bits per heavy atom. The molecule has 0 N–H and O–H groups in total. The molecule has 9 nitrogen and oxygen atoms in total. The van der Waals surface area contributed by atoms with Crippen molar-refractivity contribution in [1.82, 2.24) is 24.8 Å². The van der Waals surface area contributed by atoms with Gasteiger partial charge in [-0.05, 0) is 57.1 Å². The van der Waals surface area contributed by atoms with Crippen molar-refractivity contribution < 1.29 is 19.0 Å². The van der Waals surface area contributed by atoms with E-state index in [9.17, 15) is 4.79 Å². The molecular formula is C30H41N5O4. The standard InChI is InChI=1S/C30H41N5O4/c1-23(35-21-25(31-32-35)8-6-18-37-26-9-4-3-5-10-26)20-27-12-13-29(39-27)24(2)30(36)34-16-14-33(15-17-34)22-28-11-7-19-38-28/h3-5,9-10,21,23-24,27-29H,7,11-20,22H2,1-2H3/t23-,24-,27+,28?,29-/m1/s1. The van der Waals surface area contributed by atoms with Crippen LogP contribution in [0, 0.1) is 17.8 Å². The lowest BCUT2D eigenvalue weighted by Crippen LogP contribution is -2.52. The molecule has 3 saturated heterocycles. The summed E-state index contributed by atoms with van der Waals surface area (Å²) in [6.45, 7) is 9.76. The van der Waals surface area contributed by atoms with Crippen LogP contribution >= 0.6 is 0 Å². The first-order valence-corrected chi connectivity index (χ1v) is 14.4. The summed E-state index contributed by atoms with van der Waals surface area (Å²) < 4.78 is 19.6. The molecule has 1 amide bonds. The maximum Gasteiger partial charge on any atom is 0.228 e. The molecule has 210 valence electrons. The molecule has 3 aliphatic rings. The Labute approximate surface area is 231 Å². The van der Waals surface area contributed by atoms with Crippen LogP contribution in [0.25, 0.3) is 0 Å². The molecular weight excluding hydrogens is 494 g/mol. The minimum absolute atomic E-state index is 0.0265. The average molecular weight is 536 g/mol. The minimum Gasteiger partial charge on any atom is -0.481 e. The molecule has 0 saturated carbocycles. The number of hydrogen-bond donors (Lipinski definition) is 0. The van der Waals surface area contributed by atoms with Crippen LogP contribution in [-0.4, -0.2) is 95.0 Å². The number of piperazine rings is 1. The molecule has 0 aliphatic carbocycles. The molecule has 5 atom stereocenters. The third-order valence-electron chi connectivity index (χ3n) is 8.09. The maximum atomic E-state index is 13.2. The lowest BCUT2D eigenvalue weighted by molar-refractivity contribution is -0.141. The van der Waals surface area contributed by atoms with E-state index < -0.39 is 0 Å². The predicted octanol–water partition coefficient (Wildman–Crippen LogP) is 3.17. The van der Waals surface area contributed by atoms with E-state index in [2.05, 4.69) is 34.0 Å². The summed E-state index contributed by atoms with van der Waals surface area (Å²) in [7, 11) is 0. The van der Waals surface area contributed by atoms with Crippen molar-refractivity contribution in [2.75, 3.05) is 45.9 Å². The highest BCUT2D eigenvalue weighted by molar-refractivity contribution is 5.79. The van der Waals surface area contributed by atoms with Gasteiger partial charge in [0.2, 0.25) is 5.91 Å². The van der Waals surface area contributed by atoms with Gasteiger partial charge in [-0.2, -0.15) is 0 Å². The van der Waals surface area contributed by atoms with Gasteiger partial charge in [-0.3, -0.25) is 9.69 Å². The first kappa shape index (κ1) is 27.6. The van der Waals surface area contributed by atoms with Crippen LogP contribution < -0.4 is 4.74 Å².